The summed E-state index contributed by atoms with van der Waals surface area (Å²) in [5.41, 5.74) is 4.50. The number of aliphatic hydroxyl groups is 1. The Bertz CT molecular complexity index is 1210. The van der Waals surface area contributed by atoms with Crippen molar-refractivity contribution in [2.45, 2.75) is 38.0 Å². The molecular formula is C25H25N3O6S. The van der Waals surface area contributed by atoms with Gasteiger partial charge in [0.05, 0.1) is 12.1 Å². The van der Waals surface area contributed by atoms with Crippen molar-refractivity contribution in [3.05, 3.63) is 75.7 Å². The molecule has 4 N–H and O–H groups in total. The molecule has 0 saturated heterocycles. The van der Waals surface area contributed by atoms with Gasteiger partial charge in [0.25, 0.3) is 5.91 Å². The van der Waals surface area contributed by atoms with Crippen molar-refractivity contribution in [2.24, 2.45) is 0 Å². The lowest BCUT2D eigenvalue weighted by Gasteiger charge is -2.16. The van der Waals surface area contributed by atoms with E-state index in [2.05, 4.69) is 27.8 Å². The highest BCUT2D eigenvalue weighted by Gasteiger charge is 2.30. The third-order valence-electron chi connectivity index (χ3n) is 5.84. The molecule has 35 heavy (non-hydrogen) atoms. The van der Waals surface area contributed by atoms with E-state index in [1.54, 1.807) is 6.92 Å². The van der Waals surface area contributed by atoms with Crippen LogP contribution in [0.2, 0.25) is 0 Å². The lowest BCUT2D eigenvalue weighted by Crippen LogP contribution is -2.47. The predicted octanol–water partition coefficient (Wildman–Crippen LogP) is 3.31. The van der Waals surface area contributed by atoms with Gasteiger partial charge in [-0.3, -0.25) is 4.79 Å². The predicted molar refractivity (Wildman–Crippen MR) is 129 cm³/mol. The molecule has 3 aromatic rings. The van der Waals surface area contributed by atoms with Crippen molar-refractivity contribution < 1.29 is 29.3 Å². The van der Waals surface area contributed by atoms with Crippen LogP contribution in [0.15, 0.2) is 53.9 Å². The SMILES string of the molecule is CC(NC(=O)OCC1c2ccccc2-c2ccccc21)c1nc(C(=O)NC(C(=O)O)C(C)O)cs1. The van der Waals surface area contributed by atoms with Gasteiger partial charge in [0.2, 0.25) is 0 Å². The fourth-order valence-electron chi connectivity index (χ4n) is 4.07. The number of ether oxygens (including phenoxy) is 1. The standard InChI is InChI=1S/C25H25N3O6S/c1-13(23-27-20(12-35-23)22(30)28-21(14(2)29)24(31)32)26-25(33)34-11-19-17-9-5-3-7-15(17)16-8-4-6-10-18(16)19/h3-10,12-14,19,21,29H,11H2,1-2H3,(H,26,33)(H,28,30)(H,31,32). The lowest BCUT2D eigenvalue weighted by atomic mass is 9.98. The topological polar surface area (TPSA) is 138 Å². The third kappa shape index (κ3) is 5.18. The molecule has 0 spiro atoms. The summed E-state index contributed by atoms with van der Waals surface area (Å²) >= 11 is 1.14. The highest BCUT2D eigenvalue weighted by Crippen LogP contribution is 2.44. The van der Waals surface area contributed by atoms with Gasteiger partial charge in [-0.15, -0.1) is 11.3 Å². The number of carboxylic acids is 1. The number of carboxylic acid groups (broad SMARTS) is 1. The van der Waals surface area contributed by atoms with Crippen LogP contribution in [0.25, 0.3) is 11.1 Å². The van der Waals surface area contributed by atoms with Crippen LogP contribution in [0.3, 0.4) is 0 Å². The van der Waals surface area contributed by atoms with E-state index in [4.69, 9.17) is 9.84 Å². The number of fused-ring (bicyclic) bond motifs is 3. The molecule has 0 fully saturated rings. The summed E-state index contributed by atoms with van der Waals surface area (Å²) in [7, 11) is 0. The number of nitrogens with zero attached hydrogens (tertiary/aromatic N) is 1. The molecule has 3 unspecified atom stereocenters. The van der Waals surface area contributed by atoms with Gasteiger partial charge in [-0.1, -0.05) is 48.5 Å². The van der Waals surface area contributed by atoms with Crippen LogP contribution >= 0.6 is 11.3 Å². The van der Waals surface area contributed by atoms with Crippen molar-refractivity contribution in [1.29, 1.82) is 0 Å². The zero-order chi connectivity index (χ0) is 25.1. The quantitative estimate of drug-likeness (QED) is 0.376. The van der Waals surface area contributed by atoms with Crippen LogP contribution in [0.5, 0.6) is 0 Å². The van der Waals surface area contributed by atoms with Crippen LogP contribution in [-0.4, -0.2) is 51.9 Å². The Balaban J connectivity index is 1.36. The van der Waals surface area contributed by atoms with Crippen molar-refractivity contribution in [3.63, 3.8) is 0 Å². The Hall–Kier alpha value is -3.76. The molecule has 4 rings (SSSR count). The molecule has 1 aliphatic rings. The van der Waals surface area contributed by atoms with E-state index >= 15 is 0 Å². The normalized spacial score (nSPS) is 14.8. The average molecular weight is 496 g/mol. The number of hydrogen-bond donors (Lipinski definition) is 4. The molecule has 0 bridgehead atoms. The third-order valence-corrected chi connectivity index (χ3v) is 6.87. The number of hydrogen-bond acceptors (Lipinski definition) is 7. The van der Waals surface area contributed by atoms with Gasteiger partial charge < -0.3 is 25.6 Å². The summed E-state index contributed by atoms with van der Waals surface area (Å²) in [6.07, 6.45) is -1.88. The zero-order valence-electron chi connectivity index (χ0n) is 19.1. The van der Waals surface area contributed by atoms with Gasteiger partial charge in [0.15, 0.2) is 6.04 Å². The molecule has 9 nitrogen and oxygen atoms in total. The van der Waals surface area contributed by atoms with Gasteiger partial charge in [-0.05, 0) is 36.1 Å². The van der Waals surface area contributed by atoms with E-state index < -0.39 is 36.2 Å². The van der Waals surface area contributed by atoms with Crippen LogP contribution in [0.1, 0.15) is 52.4 Å². The van der Waals surface area contributed by atoms with Crippen LogP contribution in [0, 0.1) is 0 Å². The number of alkyl carbamates (subject to hydrolysis) is 1. The Morgan fingerprint density at radius 1 is 1.03 bits per heavy atom. The van der Waals surface area contributed by atoms with E-state index in [0.717, 1.165) is 33.6 Å². The second-order valence-corrected chi connectivity index (χ2v) is 9.18. The molecule has 2 amide bonds. The van der Waals surface area contributed by atoms with E-state index in [1.807, 2.05) is 36.4 Å². The molecule has 1 aromatic heterocycles. The molecule has 0 radical (unpaired) electrons. The summed E-state index contributed by atoms with van der Waals surface area (Å²) in [6.45, 7) is 3.15. The van der Waals surface area contributed by atoms with Crippen molar-refractivity contribution in [1.82, 2.24) is 15.6 Å². The number of nitrogens with one attached hydrogen (secondary N) is 2. The Morgan fingerprint density at radius 2 is 1.63 bits per heavy atom. The number of thiazole rings is 1. The summed E-state index contributed by atoms with van der Waals surface area (Å²) in [5, 5.41) is 25.5. The summed E-state index contributed by atoms with van der Waals surface area (Å²) < 4.78 is 5.55. The number of benzene rings is 2. The van der Waals surface area contributed by atoms with Gasteiger partial charge in [-0.25, -0.2) is 14.6 Å². The molecule has 3 atom stereocenters. The van der Waals surface area contributed by atoms with E-state index in [0.29, 0.717) is 5.01 Å². The first-order valence-electron chi connectivity index (χ1n) is 11.0. The van der Waals surface area contributed by atoms with Crippen molar-refractivity contribution in [3.8, 4) is 11.1 Å². The number of aliphatic hydroxyl groups excluding tert-OH is 1. The number of aromatic nitrogens is 1. The Morgan fingerprint density at radius 3 is 2.20 bits per heavy atom. The zero-order valence-corrected chi connectivity index (χ0v) is 19.9. The second kappa shape index (κ2) is 10.2. The fraction of sp³-hybridized carbons (Fsp3) is 0.280. The summed E-state index contributed by atoms with van der Waals surface area (Å²) in [5.74, 6) is -2.14. The maximum atomic E-state index is 12.5. The Labute approximate surface area is 205 Å². The summed E-state index contributed by atoms with van der Waals surface area (Å²) in [4.78, 5) is 40.2. The van der Waals surface area contributed by atoms with E-state index in [1.165, 1.54) is 12.3 Å². The maximum absolute atomic E-state index is 12.5. The first kappa shape index (κ1) is 24.4. The van der Waals surface area contributed by atoms with E-state index in [-0.39, 0.29) is 18.2 Å². The first-order valence-corrected chi connectivity index (χ1v) is 11.9. The molecular weight excluding hydrogens is 470 g/mol. The van der Waals surface area contributed by atoms with Gasteiger partial charge in [-0.2, -0.15) is 0 Å². The molecule has 10 heteroatoms. The minimum Gasteiger partial charge on any atom is -0.480 e. The number of rotatable bonds is 8. The molecule has 1 heterocycles. The number of amides is 2. The Kier molecular flexibility index (Phi) is 7.13. The van der Waals surface area contributed by atoms with Crippen LogP contribution in [0.4, 0.5) is 4.79 Å². The van der Waals surface area contributed by atoms with Crippen LogP contribution < -0.4 is 10.6 Å². The summed E-state index contributed by atoms with van der Waals surface area (Å²) in [6, 6.07) is 14.1. The van der Waals surface area contributed by atoms with E-state index in [9.17, 15) is 19.5 Å². The van der Waals surface area contributed by atoms with Gasteiger partial charge in [0.1, 0.15) is 17.3 Å². The van der Waals surface area contributed by atoms with Crippen LogP contribution in [-0.2, 0) is 9.53 Å². The van der Waals surface area contributed by atoms with Crippen molar-refractivity contribution in [2.75, 3.05) is 6.61 Å². The minimum atomic E-state index is -1.45. The second-order valence-electron chi connectivity index (χ2n) is 8.29. The average Bonchev–Trinajstić information content (AvgIpc) is 3.44. The number of aliphatic carboxylic acids is 1. The maximum Gasteiger partial charge on any atom is 0.407 e. The molecule has 0 saturated carbocycles. The smallest absolute Gasteiger partial charge is 0.407 e. The monoisotopic (exact) mass is 495 g/mol. The molecule has 2 aromatic carbocycles. The molecule has 182 valence electrons. The largest absolute Gasteiger partial charge is 0.480 e. The first-order chi connectivity index (χ1) is 16.8. The van der Waals surface area contributed by atoms with Gasteiger partial charge in [0, 0.05) is 11.3 Å². The fourth-order valence-corrected chi connectivity index (χ4v) is 4.88. The lowest BCUT2D eigenvalue weighted by molar-refractivity contribution is -0.141. The number of carbonyl (C=O) groups is 3. The number of carbonyl (C=O) groups excluding carboxylic acids is 2. The molecule has 0 aliphatic heterocycles. The molecule has 1 aliphatic carbocycles. The van der Waals surface area contributed by atoms with Crippen molar-refractivity contribution >= 4 is 29.3 Å². The minimum absolute atomic E-state index is 0.00177. The van der Waals surface area contributed by atoms with Gasteiger partial charge >= 0.3 is 12.1 Å². The highest BCUT2D eigenvalue weighted by molar-refractivity contribution is 7.09. The highest BCUT2D eigenvalue weighted by atomic mass is 32.1.